The fourth-order valence-electron chi connectivity index (χ4n) is 2.02. The van der Waals surface area contributed by atoms with Gasteiger partial charge in [0.1, 0.15) is 0 Å². The van der Waals surface area contributed by atoms with E-state index in [1.165, 1.54) is 6.07 Å². The summed E-state index contributed by atoms with van der Waals surface area (Å²) in [6.07, 6.45) is 0. The van der Waals surface area contributed by atoms with Crippen LogP contribution in [0.4, 0.5) is 17.6 Å². The summed E-state index contributed by atoms with van der Waals surface area (Å²) in [6.45, 7) is 11.0. The Labute approximate surface area is 149 Å². The molecule has 0 spiro atoms. The monoisotopic (exact) mass is 402 g/mol. The van der Waals surface area contributed by atoms with Gasteiger partial charge in [-0.2, -0.15) is 26.0 Å². The lowest BCUT2D eigenvalue weighted by Crippen LogP contribution is -2.44. The fourth-order valence-corrected chi connectivity index (χ4v) is 3.77. The van der Waals surface area contributed by atoms with Crippen LogP contribution in [0.25, 0.3) is 0 Å². The number of rotatable bonds is 4. The second kappa shape index (κ2) is 6.42. The van der Waals surface area contributed by atoms with Gasteiger partial charge in [-0.05, 0) is 39.8 Å². The van der Waals surface area contributed by atoms with Crippen LogP contribution in [0.5, 0.6) is 0 Å². The molecular formula is C16H22F4O3S2. The molecule has 1 aromatic carbocycles. The summed E-state index contributed by atoms with van der Waals surface area (Å²) >= 11 is -0.570. The molecule has 0 aliphatic rings. The minimum absolute atomic E-state index is 0.172. The van der Waals surface area contributed by atoms with Crippen LogP contribution in [0.1, 0.15) is 52.7 Å². The Bertz CT molecular complexity index is 746. The molecule has 0 saturated heterocycles. The predicted molar refractivity (Wildman–Crippen MR) is 91.1 cm³/mol. The molecule has 0 fully saturated rings. The summed E-state index contributed by atoms with van der Waals surface area (Å²) in [5, 5.41) is -10.6. The van der Waals surface area contributed by atoms with Crippen molar-refractivity contribution >= 4 is 21.9 Å². The van der Waals surface area contributed by atoms with E-state index >= 15 is 0 Å². The van der Waals surface area contributed by atoms with Crippen molar-refractivity contribution < 1.29 is 30.5 Å². The molecule has 0 heterocycles. The molecule has 0 atom stereocenters. The second-order valence-corrected chi connectivity index (χ2v) is 10.4. The largest absolute Gasteiger partial charge is 0.442 e. The zero-order valence-electron chi connectivity index (χ0n) is 14.8. The van der Waals surface area contributed by atoms with Crippen LogP contribution in [0, 0.1) is 0 Å². The maximum atomic E-state index is 14.0. The van der Waals surface area contributed by atoms with Crippen molar-refractivity contribution in [2.45, 2.75) is 67.8 Å². The van der Waals surface area contributed by atoms with E-state index in [2.05, 4.69) is 0 Å². The molecule has 3 nitrogen and oxygen atoms in total. The van der Waals surface area contributed by atoms with Crippen molar-refractivity contribution in [1.29, 1.82) is 0 Å². The topological polar surface area (TPSA) is 54.4 Å². The quantitative estimate of drug-likeness (QED) is 0.414. The Morgan fingerprint density at radius 2 is 1.40 bits per heavy atom. The van der Waals surface area contributed by atoms with Gasteiger partial charge in [-0.25, -0.2) is 0 Å². The van der Waals surface area contributed by atoms with Crippen molar-refractivity contribution in [1.82, 2.24) is 0 Å². The molecule has 9 heteroatoms. The lowest BCUT2D eigenvalue weighted by Gasteiger charge is -2.29. The van der Waals surface area contributed by atoms with Gasteiger partial charge in [0.25, 0.3) is 0 Å². The highest BCUT2D eigenvalue weighted by atomic mass is 32.2. The Morgan fingerprint density at radius 1 is 0.920 bits per heavy atom. The van der Waals surface area contributed by atoms with Gasteiger partial charge in [-0.15, -0.1) is 0 Å². The number of hydrogen-bond donors (Lipinski definition) is 1. The van der Waals surface area contributed by atoms with Gasteiger partial charge in [0, 0.05) is 4.90 Å². The van der Waals surface area contributed by atoms with Crippen LogP contribution < -0.4 is 0 Å². The first-order valence-electron chi connectivity index (χ1n) is 7.37. The van der Waals surface area contributed by atoms with Crippen molar-refractivity contribution in [2.24, 2.45) is 0 Å². The highest BCUT2D eigenvalue weighted by Crippen LogP contribution is 2.51. The molecular weight excluding hydrogens is 380 g/mol. The third-order valence-corrected chi connectivity index (χ3v) is 5.68. The van der Waals surface area contributed by atoms with Gasteiger partial charge in [0.15, 0.2) is 0 Å². The second-order valence-electron chi connectivity index (χ2n) is 7.82. The van der Waals surface area contributed by atoms with Crippen molar-refractivity contribution in [3.63, 3.8) is 0 Å². The summed E-state index contributed by atoms with van der Waals surface area (Å²) in [4.78, 5) is -0.172. The molecule has 0 bridgehead atoms. The molecule has 0 aliphatic carbocycles. The number of hydrogen-bond acceptors (Lipinski definition) is 3. The minimum Gasteiger partial charge on any atom is -0.281 e. The zero-order chi connectivity index (χ0) is 20.1. The van der Waals surface area contributed by atoms with Crippen molar-refractivity contribution in [3.05, 3.63) is 29.3 Å². The Kier molecular flexibility index (Phi) is 5.71. The first kappa shape index (κ1) is 22.2. The highest BCUT2D eigenvalue weighted by Gasteiger charge is 2.66. The molecule has 0 unspecified atom stereocenters. The molecule has 1 N–H and O–H groups in total. The molecule has 25 heavy (non-hydrogen) atoms. The summed E-state index contributed by atoms with van der Waals surface area (Å²) in [7, 11) is -6.26. The molecule has 0 radical (unpaired) electrons. The molecule has 0 aliphatic heterocycles. The van der Waals surface area contributed by atoms with Crippen LogP contribution in [-0.4, -0.2) is 23.5 Å². The standard InChI is InChI=1S/C16H22F4O3S2/c1-13(2,3)10-7-8-12(11(9-10)14(4,5)6)24-15(17,18)16(19,20)25(21,22)23/h7-9H,1-6H3,(H,21,22,23). The normalized spacial score (nSPS) is 14.7. The Balaban J connectivity index is 3.49. The highest BCUT2D eigenvalue weighted by molar-refractivity contribution is 8.01. The lowest BCUT2D eigenvalue weighted by molar-refractivity contribution is -0.0946. The van der Waals surface area contributed by atoms with E-state index < -0.39 is 37.8 Å². The minimum atomic E-state index is -6.26. The summed E-state index contributed by atoms with van der Waals surface area (Å²) < 4.78 is 84.7. The van der Waals surface area contributed by atoms with Crippen LogP contribution in [0.2, 0.25) is 0 Å². The lowest BCUT2D eigenvalue weighted by atomic mass is 9.81. The predicted octanol–water partition coefficient (Wildman–Crippen LogP) is 5.45. The van der Waals surface area contributed by atoms with Crippen LogP contribution in [0.15, 0.2) is 23.1 Å². The average molecular weight is 402 g/mol. The third-order valence-electron chi connectivity index (χ3n) is 3.55. The molecule has 0 aromatic heterocycles. The number of thioether (sulfide) groups is 1. The Hall–Kier alpha value is -0.800. The summed E-state index contributed by atoms with van der Waals surface area (Å²) in [6, 6.07) is 4.48. The molecule has 1 aromatic rings. The van der Waals surface area contributed by atoms with E-state index in [-0.39, 0.29) is 10.3 Å². The molecule has 1 rings (SSSR count). The van der Waals surface area contributed by atoms with E-state index in [1.807, 2.05) is 20.8 Å². The summed E-state index contributed by atoms with van der Waals surface area (Å²) in [5.74, 6) is 0. The van der Waals surface area contributed by atoms with Crippen molar-refractivity contribution in [3.8, 4) is 0 Å². The first-order valence-corrected chi connectivity index (χ1v) is 9.63. The molecule has 0 saturated carbocycles. The van der Waals surface area contributed by atoms with Crippen LogP contribution >= 0.6 is 11.8 Å². The number of alkyl halides is 4. The van der Waals surface area contributed by atoms with Gasteiger partial charge in [0.2, 0.25) is 0 Å². The van der Waals surface area contributed by atoms with Gasteiger partial charge in [-0.1, -0.05) is 53.7 Å². The zero-order valence-corrected chi connectivity index (χ0v) is 16.5. The first-order chi connectivity index (χ1) is 10.8. The van der Waals surface area contributed by atoms with Crippen LogP contribution in [0.3, 0.4) is 0 Å². The van der Waals surface area contributed by atoms with Gasteiger partial charge in [0.05, 0.1) is 0 Å². The maximum absolute atomic E-state index is 14.0. The Morgan fingerprint density at radius 3 is 1.76 bits per heavy atom. The van der Waals surface area contributed by atoms with E-state index in [4.69, 9.17) is 4.55 Å². The number of halogens is 4. The van der Waals surface area contributed by atoms with E-state index in [0.717, 1.165) is 5.56 Å². The maximum Gasteiger partial charge on any atom is 0.442 e. The van der Waals surface area contributed by atoms with Gasteiger partial charge in [-0.3, -0.25) is 4.55 Å². The molecule has 144 valence electrons. The summed E-state index contributed by atoms with van der Waals surface area (Å²) in [5.41, 5.74) is 0.277. The number of benzene rings is 1. The van der Waals surface area contributed by atoms with Crippen molar-refractivity contribution in [2.75, 3.05) is 0 Å². The molecule has 0 amide bonds. The van der Waals surface area contributed by atoms with E-state index in [0.29, 0.717) is 5.56 Å². The smallest absolute Gasteiger partial charge is 0.281 e. The van der Waals surface area contributed by atoms with E-state index in [1.54, 1.807) is 32.9 Å². The van der Waals surface area contributed by atoms with E-state index in [9.17, 15) is 26.0 Å². The van der Waals surface area contributed by atoms with Crippen LogP contribution in [-0.2, 0) is 20.9 Å². The average Bonchev–Trinajstić information content (AvgIpc) is 2.34. The van der Waals surface area contributed by atoms with Gasteiger partial charge < -0.3 is 0 Å². The SMILES string of the molecule is CC(C)(C)c1ccc(SC(F)(F)C(F)(F)S(=O)(=O)O)c(C(C)(C)C)c1. The third kappa shape index (κ3) is 4.68. The fraction of sp³-hybridized carbons (Fsp3) is 0.625. The van der Waals surface area contributed by atoms with Gasteiger partial charge >= 0.3 is 20.6 Å².